The van der Waals surface area contributed by atoms with Crippen LogP contribution in [0.5, 0.6) is 5.75 Å². The Hall–Kier alpha value is -4.26. The third-order valence-electron chi connectivity index (χ3n) is 7.60. The largest absolute Gasteiger partial charge is 0.490 e. The molecule has 5 atom stereocenters. The minimum Gasteiger partial charge on any atom is -0.490 e. The maximum atomic E-state index is 13.7. The minimum atomic E-state index is -1.68. The van der Waals surface area contributed by atoms with Crippen molar-refractivity contribution in [2.75, 3.05) is 13.1 Å². The first-order valence-corrected chi connectivity index (χ1v) is 13.9. The maximum Gasteiger partial charge on any atom is 0.330 e. The molecule has 12 heteroatoms. The Bertz CT molecular complexity index is 1500. The van der Waals surface area contributed by atoms with Gasteiger partial charge in [-0.3, -0.25) is 23.9 Å². The van der Waals surface area contributed by atoms with Gasteiger partial charge in [0.1, 0.15) is 30.1 Å². The molecule has 2 fully saturated rings. The van der Waals surface area contributed by atoms with Gasteiger partial charge in [-0.1, -0.05) is 48.0 Å². The van der Waals surface area contributed by atoms with Gasteiger partial charge in [-0.25, -0.2) is 4.79 Å². The maximum absolute atomic E-state index is 13.7. The summed E-state index contributed by atoms with van der Waals surface area (Å²) in [5.74, 6) is -0.324. The second-order valence-corrected chi connectivity index (χ2v) is 10.7. The Labute approximate surface area is 241 Å². The average Bonchev–Trinajstić information content (AvgIpc) is 3.28. The number of piperidine rings is 1. The highest BCUT2D eigenvalue weighted by atomic mass is 16.6. The number of amides is 2. The summed E-state index contributed by atoms with van der Waals surface area (Å²) in [5, 5.41) is 23.9. The molecule has 0 spiro atoms. The van der Waals surface area contributed by atoms with E-state index in [4.69, 9.17) is 9.47 Å². The Morgan fingerprint density at radius 1 is 1.02 bits per heavy atom. The van der Waals surface area contributed by atoms with E-state index in [1.165, 1.54) is 0 Å². The van der Waals surface area contributed by atoms with E-state index in [0.29, 0.717) is 25.9 Å². The van der Waals surface area contributed by atoms with Gasteiger partial charge in [-0.15, -0.1) is 0 Å². The SMILES string of the molecule is Cc1ccc(OC2CCN(C(=O)[C@@H](Cc3ccccc3)NC(=O)[C@H]3O[C@@H](n4ccc(=O)[nH]c4=O)[C@H](O)[C@@H]3O)CC2)cc1. The molecule has 0 unspecified atom stereocenters. The molecule has 2 aliphatic rings. The summed E-state index contributed by atoms with van der Waals surface area (Å²) in [7, 11) is 0. The van der Waals surface area contributed by atoms with Crippen molar-refractivity contribution in [1.82, 2.24) is 19.8 Å². The van der Waals surface area contributed by atoms with Gasteiger partial charge in [0.15, 0.2) is 12.3 Å². The van der Waals surface area contributed by atoms with Crippen molar-refractivity contribution in [3.63, 3.8) is 0 Å². The van der Waals surface area contributed by atoms with Gasteiger partial charge in [0, 0.05) is 44.6 Å². The van der Waals surface area contributed by atoms with Crippen LogP contribution in [0.25, 0.3) is 0 Å². The fourth-order valence-corrected chi connectivity index (χ4v) is 5.26. The van der Waals surface area contributed by atoms with Gasteiger partial charge in [-0.05, 0) is 24.6 Å². The highest BCUT2D eigenvalue weighted by Gasteiger charge is 2.48. The zero-order valence-electron chi connectivity index (χ0n) is 23.1. The molecule has 0 bridgehead atoms. The lowest BCUT2D eigenvalue weighted by Crippen LogP contribution is -2.55. The zero-order valence-corrected chi connectivity index (χ0v) is 23.1. The van der Waals surface area contributed by atoms with Gasteiger partial charge < -0.3 is 29.9 Å². The molecule has 1 aromatic heterocycles. The van der Waals surface area contributed by atoms with Crippen molar-refractivity contribution in [3.8, 4) is 5.75 Å². The number of aryl methyl sites for hydroxylation is 1. The van der Waals surface area contributed by atoms with Crippen molar-refractivity contribution in [1.29, 1.82) is 0 Å². The third-order valence-corrected chi connectivity index (χ3v) is 7.60. The van der Waals surface area contributed by atoms with Crippen LogP contribution in [0.4, 0.5) is 0 Å². The van der Waals surface area contributed by atoms with E-state index >= 15 is 0 Å². The highest BCUT2D eigenvalue weighted by Crippen LogP contribution is 2.29. The van der Waals surface area contributed by atoms with Crippen molar-refractivity contribution >= 4 is 11.8 Å². The fraction of sp³-hybridized carbons (Fsp3) is 0.400. The van der Waals surface area contributed by atoms with Crippen LogP contribution >= 0.6 is 0 Å². The first kappa shape index (κ1) is 29.2. The summed E-state index contributed by atoms with van der Waals surface area (Å²) in [5.41, 5.74) is 0.442. The molecule has 3 aromatic rings. The minimum absolute atomic E-state index is 0.0456. The van der Waals surface area contributed by atoms with Gasteiger partial charge >= 0.3 is 5.69 Å². The summed E-state index contributed by atoms with van der Waals surface area (Å²) in [6, 6.07) is 17.1. The Morgan fingerprint density at radius 3 is 2.38 bits per heavy atom. The highest BCUT2D eigenvalue weighted by molar-refractivity contribution is 5.90. The number of hydrogen-bond acceptors (Lipinski definition) is 8. The van der Waals surface area contributed by atoms with E-state index in [-0.39, 0.29) is 18.4 Å². The van der Waals surface area contributed by atoms with Crippen molar-refractivity contribution in [2.45, 2.75) is 62.9 Å². The van der Waals surface area contributed by atoms with Gasteiger partial charge in [0.2, 0.25) is 5.91 Å². The molecular formula is C30H34N4O8. The molecule has 2 amide bonds. The Morgan fingerprint density at radius 2 is 1.71 bits per heavy atom. The molecule has 4 N–H and O–H groups in total. The van der Waals surface area contributed by atoms with Gasteiger partial charge in [-0.2, -0.15) is 0 Å². The van der Waals surface area contributed by atoms with Crippen molar-refractivity contribution in [2.24, 2.45) is 0 Å². The number of rotatable bonds is 8. The number of likely N-dealkylation sites (tertiary alicyclic amines) is 1. The Balaban J connectivity index is 1.26. The molecule has 0 radical (unpaired) electrons. The van der Waals surface area contributed by atoms with E-state index in [1.807, 2.05) is 66.5 Å². The quantitative estimate of drug-likeness (QED) is 0.296. The number of ether oxygens (including phenoxy) is 2. The van der Waals surface area contributed by atoms with E-state index in [0.717, 1.165) is 33.7 Å². The monoisotopic (exact) mass is 578 g/mol. The zero-order chi connectivity index (χ0) is 29.8. The number of H-pyrrole nitrogens is 1. The second kappa shape index (κ2) is 12.7. The number of benzene rings is 2. The molecule has 2 aliphatic heterocycles. The number of aliphatic hydroxyl groups is 2. The number of carbonyl (C=O) groups is 2. The molecular weight excluding hydrogens is 544 g/mol. The topological polar surface area (TPSA) is 163 Å². The van der Waals surface area contributed by atoms with E-state index in [2.05, 4.69) is 5.32 Å². The molecule has 42 heavy (non-hydrogen) atoms. The molecule has 3 heterocycles. The standard InChI is InChI=1S/C30H34N4O8/c1-18-7-9-20(10-8-18)41-21-11-14-33(15-12-21)28(39)22(17-19-5-3-2-4-6-19)31-27(38)26-24(36)25(37)29(42-26)34-16-13-23(35)32-30(34)40/h2-10,13,16,21-22,24-26,29,36-37H,11-12,14-15,17H2,1H3,(H,31,38)(H,32,35,40)/t22-,24+,25-,26+,29-/m1/s1. The van der Waals surface area contributed by atoms with Crippen molar-refractivity contribution < 1.29 is 29.3 Å². The summed E-state index contributed by atoms with van der Waals surface area (Å²) >= 11 is 0. The van der Waals surface area contributed by atoms with Crippen LogP contribution in [0.15, 0.2) is 76.4 Å². The van der Waals surface area contributed by atoms with E-state index in [1.54, 1.807) is 4.90 Å². The summed E-state index contributed by atoms with van der Waals surface area (Å²) in [6.45, 7) is 2.89. The number of aliphatic hydroxyl groups excluding tert-OH is 2. The molecule has 5 rings (SSSR count). The molecule has 2 saturated heterocycles. The van der Waals surface area contributed by atoms with Crippen LogP contribution in [-0.4, -0.2) is 80.0 Å². The van der Waals surface area contributed by atoms with E-state index < -0.39 is 47.7 Å². The van der Waals surface area contributed by atoms with Crippen LogP contribution in [0.1, 0.15) is 30.2 Å². The van der Waals surface area contributed by atoms with Crippen LogP contribution < -0.4 is 21.3 Å². The number of nitrogens with one attached hydrogen (secondary N) is 2. The Kier molecular flexibility index (Phi) is 8.86. The molecule has 222 valence electrons. The fourth-order valence-electron chi connectivity index (χ4n) is 5.26. The third kappa shape index (κ3) is 6.62. The normalized spacial score (nSPS) is 23.4. The lowest BCUT2D eigenvalue weighted by atomic mass is 10.0. The summed E-state index contributed by atoms with van der Waals surface area (Å²) in [4.78, 5) is 54.4. The number of nitrogens with zero attached hydrogens (tertiary/aromatic N) is 2. The van der Waals surface area contributed by atoms with Gasteiger partial charge in [0.25, 0.3) is 11.5 Å². The molecule has 0 aliphatic carbocycles. The van der Waals surface area contributed by atoms with Crippen molar-refractivity contribution in [3.05, 3.63) is 98.8 Å². The first-order valence-electron chi connectivity index (χ1n) is 13.9. The van der Waals surface area contributed by atoms with Crippen LogP contribution in [0, 0.1) is 6.92 Å². The van der Waals surface area contributed by atoms with Crippen LogP contribution in [0.3, 0.4) is 0 Å². The van der Waals surface area contributed by atoms with E-state index in [9.17, 15) is 29.4 Å². The van der Waals surface area contributed by atoms with Gasteiger partial charge in [0.05, 0.1) is 0 Å². The summed E-state index contributed by atoms with van der Waals surface area (Å²) < 4.78 is 12.6. The average molecular weight is 579 g/mol. The lowest BCUT2D eigenvalue weighted by Gasteiger charge is -2.35. The first-order chi connectivity index (χ1) is 20.2. The number of carbonyl (C=O) groups excluding carboxylic acids is 2. The molecule has 0 saturated carbocycles. The van der Waals surface area contributed by atoms with Crippen LogP contribution in [0.2, 0.25) is 0 Å². The summed E-state index contributed by atoms with van der Waals surface area (Å²) in [6.07, 6.45) is -3.81. The predicted molar refractivity (Wildman–Crippen MR) is 151 cm³/mol. The number of hydrogen-bond donors (Lipinski definition) is 4. The smallest absolute Gasteiger partial charge is 0.330 e. The number of aromatic amines is 1. The second-order valence-electron chi connectivity index (χ2n) is 10.7. The molecule has 12 nitrogen and oxygen atoms in total. The van der Waals surface area contributed by atoms with Crippen LogP contribution in [-0.2, 0) is 20.7 Å². The number of aromatic nitrogens is 2. The molecule has 2 aromatic carbocycles. The lowest BCUT2D eigenvalue weighted by molar-refractivity contribution is -0.144. The predicted octanol–water partition coefficient (Wildman–Crippen LogP) is 0.262.